The number of hydrogen-bond acceptors (Lipinski definition) is 3. The van der Waals surface area contributed by atoms with Gasteiger partial charge >= 0.3 is 0 Å². The molecule has 1 aromatic rings. The SMILES string of the molecule is CCNC(C)c1ccccc1OCCOCC. The van der Waals surface area contributed by atoms with Crippen LogP contribution < -0.4 is 10.1 Å². The topological polar surface area (TPSA) is 30.5 Å². The summed E-state index contributed by atoms with van der Waals surface area (Å²) in [5.41, 5.74) is 1.20. The lowest BCUT2D eigenvalue weighted by Crippen LogP contribution is -2.19. The van der Waals surface area contributed by atoms with Crippen molar-refractivity contribution < 1.29 is 9.47 Å². The predicted molar refractivity (Wildman–Crippen MR) is 70.5 cm³/mol. The van der Waals surface area contributed by atoms with E-state index in [9.17, 15) is 0 Å². The van der Waals surface area contributed by atoms with E-state index in [1.54, 1.807) is 0 Å². The quantitative estimate of drug-likeness (QED) is 0.705. The Labute approximate surface area is 104 Å². The molecule has 1 unspecified atom stereocenters. The molecule has 17 heavy (non-hydrogen) atoms. The molecule has 0 heterocycles. The molecule has 0 aliphatic carbocycles. The molecule has 1 rings (SSSR count). The first-order valence-corrected chi connectivity index (χ1v) is 6.32. The first kappa shape index (κ1) is 14.0. The van der Waals surface area contributed by atoms with Crippen molar-refractivity contribution in [2.45, 2.75) is 26.8 Å². The molecule has 0 spiro atoms. The molecule has 0 amide bonds. The largest absolute Gasteiger partial charge is 0.491 e. The normalized spacial score (nSPS) is 12.4. The number of ether oxygens (including phenoxy) is 2. The highest BCUT2D eigenvalue weighted by Gasteiger charge is 2.09. The maximum Gasteiger partial charge on any atom is 0.124 e. The van der Waals surface area contributed by atoms with E-state index in [-0.39, 0.29) is 0 Å². The van der Waals surface area contributed by atoms with Gasteiger partial charge in [0.05, 0.1) is 6.61 Å². The summed E-state index contributed by atoms with van der Waals surface area (Å²) in [4.78, 5) is 0. The van der Waals surface area contributed by atoms with Gasteiger partial charge in [-0.1, -0.05) is 25.1 Å². The van der Waals surface area contributed by atoms with E-state index in [1.807, 2.05) is 25.1 Å². The van der Waals surface area contributed by atoms with Crippen molar-refractivity contribution in [1.29, 1.82) is 0 Å². The van der Waals surface area contributed by atoms with Crippen molar-refractivity contribution in [3.8, 4) is 5.75 Å². The molecule has 1 atom stereocenters. The van der Waals surface area contributed by atoms with E-state index in [4.69, 9.17) is 9.47 Å². The molecule has 0 radical (unpaired) electrons. The molecule has 0 saturated carbocycles. The van der Waals surface area contributed by atoms with Crippen LogP contribution in [0.5, 0.6) is 5.75 Å². The molecule has 0 aliphatic rings. The van der Waals surface area contributed by atoms with Gasteiger partial charge in [-0.2, -0.15) is 0 Å². The first-order valence-electron chi connectivity index (χ1n) is 6.32. The Morgan fingerprint density at radius 1 is 1.18 bits per heavy atom. The fraction of sp³-hybridized carbons (Fsp3) is 0.571. The zero-order chi connectivity index (χ0) is 12.5. The zero-order valence-electron chi connectivity index (χ0n) is 11.0. The zero-order valence-corrected chi connectivity index (χ0v) is 11.0. The Balaban J connectivity index is 2.57. The monoisotopic (exact) mass is 237 g/mol. The van der Waals surface area contributed by atoms with Crippen molar-refractivity contribution >= 4 is 0 Å². The van der Waals surface area contributed by atoms with E-state index >= 15 is 0 Å². The summed E-state index contributed by atoms with van der Waals surface area (Å²) in [6.45, 7) is 9.17. The van der Waals surface area contributed by atoms with Gasteiger partial charge in [-0.3, -0.25) is 0 Å². The van der Waals surface area contributed by atoms with Gasteiger partial charge in [-0.15, -0.1) is 0 Å². The predicted octanol–water partition coefficient (Wildman–Crippen LogP) is 2.77. The first-order chi connectivity index (χ1) is 8.29. The van der Waals surface area contributed by atoms with Crippen LogP contribution in [0, 0.1) is 0 Å². The summed E-state index contributed by atoms with van der Waals surface area (Å²) < 4.78 is 11.0. The maximum absolute atomic E-state index is 5.74. The van der Waals surface area contributed by atoms with E-state index in [1.165, 1.54) is 5.56 Å². The minimum Gasteiger partial charge on any atom is -0.491 e. The molecular weight excluding hydrogens is 214 g/mol. The average Bonchev–Trinajstić information content (AvgIpc) is 2.35. The third kappa shape index (κ3) is 4.75. The second-order valence-electron chi connectivity index (χ2n) is 3.86. The van der Waals surface area contributed by atoms with Crippen LogP contribution in [0.15, 0.2) is 24.3 Å². The fourth-order valence-electron chi connectivity index (χ4n) is 1.74. The lowest BCUT2D eigenvalue weighted by atomic mass is 10.1. The summed E-state index contributed by atoms with van der Waals surface area (Å²) >= 11 is 0. The van der Waals surface area contributed by atoms with Gasteiger partial charge in [0, 0.05) is 18.2 Å². The lowest BCUT2D eigenvalue weighted by Gasteiger charge is -2.17. The summed E-state index contributed by atoms with van der Waals surface area (Å²) in [6, 6.07) is 8.46. The summed E-state index contributed by atoms with van der Waals surface area (Å²) in [7, 11) is 0. The van der Waals surface area contributed by atoms with Crippen LogP contribution in [-0.2, 0) is 4.74 Å². The molecule has 0 aliphatic heterocycles. The molecule has 3 heteroatoms. The van der Waals surface area contributed by atoms with Crippen LogP contribution in [0.25, 0.3) is 0 Å². The van der Waals surface area contributed by atoms with Crippen molar-refractivity contribution in [3.63, 3.8) is 0 Å². The highest BCUT2D eigenvalue weighted by Crippen LogP contribution is 2.24. The molecule has 0 bridgehead atoms. The second kappa shape index (κ2) is 8.09. The highest BCUT2D eigenvalue weighted by atomic mass is 16.5. The molecule has 0 saturated heterocycles. The van der Waals surface area contributed by atoms with Crippen molar-refractivity contribution in [3.05, 3.63) is 29.8 Å². The van der Waals surface area contributed by atoms with Crippen LogP contribution >= 0.6 is 0 Å². The molecule has 3 nitrogen and oxygen atoms in total. The van der Waals surface area contributed by atoms with Gasteiger partial charge in [0.25, 0.3) is 0 Å². The third-order valence-corrected chi connectivity index (χ3v) is 2.59. The highest BCUT2D eigenvalue weighted by molar-refractivity contribution is 5.35. The molecule has 1 N–H and O–H groups in total. The van der Waals surface area contributed by atoms with Gasteiger partial charge < -0.3 is 14.8 Å². The molecular formula is C14H23NO2. The fourth-order valence-corrected chi connectivity index (χ4v) is 1.74. The van der Waals surface area contributed by atoms with Gasteiger partial charge in [0.1, 0.15) is 12.4 Å². The van der Waals surface area contributed by atoms with Gasteiger partial charge in [0.15, 0.2) is 0 Å². The summed E-state index contributed by atoms with van der Waals surface area (Å²) in [5, 5.41) is 3.39. The van der Waals surface area contributed by atoms with Gasteiger partial charge in [-0.05, 0) is 26.5 Å². The van der Waals surface area contributed by atoms with Crippen molar-refractivity contribution in [2.24, 2.45) is 0 Å². The number of para-hydroxylation sites is 1. The van der Waals surface area contributed by atoms with E-state index < -0.39 is 0 Å². The van der Waals surface area contributed by atoms with Crippen LogP contribution in [0.3, 0.4) is 0 Å². The standard InChI is InChI=1S/C14H23NO2/c1-4-15-12(3)13-8-6-7-9-14(13)17-11-10-16-5-2/h6-9,12,15H,4-5,10-11H2,1-3H3. The minimum atomic E-state index is 0.309. The van der Waals surface area contributed by atoms with E-state index in [2.05, 4.69) is 25.2 Å². The van der Waals surface area contributed by atoms with Crippen LogP contribution in [-0.4, -0.2) is 26.4 Å². The van der Waals surface area contributed by atoms with Crippen LogP contribution in [0.1, 0.15) is 32.4 Å². The van der Waals surface area contributed by atoms with Gasteiger partial charge in [-0.25, -0.2) is 0 Å². The Morgan fingerprint density at radius 3 is 2.65 bits per heavy atom. The van der Waals surface area contributed by atoms with E-state index in [0.717, 1.165) is 18.9 Å². The Hall–Kier alpha value is -1.06. The Kier molecular flexibility index (Phi) is 6.67. The Morgan fingerprint density at radius 2 is 1.94 bits per heavy atom. The number of benzene rings is 1. The van der Waals surface area contributed by atoms with Crippen LogP contribution in [0.2, 0.25) is 0 Å². The second-order valence-corrected chi connectivity index (χ2v) is 3.86. The van der Waals surface area contributed by atoms with Gasteiger partial charge in [0.2, 0.25) is 0 Å². The Bertz CT molecular complexity index is 315. The van der Waals surface area contributed by atoms with Crippen molar-refractivity contribution in [2.75, 3.05) is 26.4 Å². The van der Waals surface area contributed by atoms with Crippen molar-refractivity contribution in [1.82, 2.24) is 5.32 Å². The molecule has 0 fully saturated rings. The molecule has 1 aromatic carbocycles. The number of nitrogens with one attached hydrogen (secondary N) is 1. The minimum absolute atomic E-state index is 0.309. The molecule has 0 aromatic heterocycles. The lowest BCUT2D eigenvalue weighted by molar-refractivity contribution is 0.109. The number of rotatable bonds is 8. The summed E-state index contributed by atoms with van der Waals surface area (Å²) in [5.74, 6) is 0.945. The van der Waals surface area contributed by atoms with Crippen LogP contribution in [0.4, 0.5) is 0 Å². The maximum atomic E-state index is 5.74. The smallest absolute Gasteiger partial charge is 0.124 e. The average molecular weight is 237 g/mol. The molecule has 96 valence electrons. The summed E-state index contributed by atoms with van der Waals surface area (Å²) in [6.07, 6.45) is 0. The van der Waals surface area contributed by atoms with E-state index in [0.29, 0.717) is 19.3 Å². The number of hydrogen-bond donors (Lipinski definition) is 1. The third-order valence-electron chi connectivity index (χ3n) is 2.59.